The Kier molecular flexibility index (Phi) is 22.2. The van der Waals surface area contributed by atoms with E-state index in [9.17, 15) is 9.59 Å². The van der Waals surface area contributed by atoms with Gasteiger partial charge in [-0.15, -0.1) is 0 Å². The number of rotatable bonds is 20. The molecule has 0 aliphatic carbocycles. The van der Waals surface area contributed by atoms with Crippen LogP contribution in [0.4, 0.5) is 9.59 Å². The van der Waals surface area contributed by atoms with Gasteiger partial charge in [-0.05, 0) is 25.3 Å². The molecule has 0 bridgehead atoms. The molecule has 0 radical (unpaired) electrons. The van der Waals surface area contributed by atoms with E-state index < -0.39 is 12.3 Å². The van der Waals surface area contributed by atoms with Crippen LogP contribution in [0.5, 0.6) is 0 Å². The predicted octanol–water partition coefficient (Wildman–Crippen LogP) is 7.70. The number of carbonyl (C=O) groups excluding carboxylic acids is 2. The highest BCUT2D eigenvalue weighted by molar-refractivity contribution is 5.60. The van der Waals surface area contributed by atoms with Crippen LogP contribution in [-0.4, -0.2) is 33.1 Å². The van der Waals surface area contributed by atoms with Gasteiger partial charge in [-0.1, -0.05) is 89.9 Å². The number of methoxy groups -OCH3 is 2. The zero-order valence-corrected chi connectivity index (χ0v) is 19.3. The van der Waals surface area contributed by atoms with Gasteiger partial charge in [0.15, 0.2) is 0 Å². The lowest BCUT2D eigenvalue weighted by Gasteiger charge is -2.04. The zero-order valence-electron chi connectivity index (χ0n) is 19.3. The van der Waals surface area contributed by atoms with Gasteiger partial charge in [0.1, 0.15) is 0 Å². The van der Waals surface area contributed by atoms with Gasteiger partial charge in [0.25, 0.3) is 0 Å². The Bertz CT molecular complexity index is 422. The van der Waals surface area contributed by atoms with E-state index >= 15 is 0 Å². The molecule has 6 heteroatoms. The van der Waals surface area contributed by atoms with Crippen molar-refractivity contribution in [1.29, 1.82) is 0 Å². The van der Waals surface area contributed by atoms with Crippen LogP contribution >= 0.6 is 0 Å². The van der Waals surface area contributed by atoms with Crippen LogP contribution < -0.4 is 0 Å². The van der Waals surface area contributed by atoms with Crippen molar-refractivity contribution in [2.24, 2.45) is 0 Å². The molecule has 0 heterocycles. The minimum Gasteiger partial charge on any atom is -0.438 e. The Morgan fingerprint density at radius 3 is 1.40 bits per heavy atom. The molecule has 0 aromatic carbocycles. The van der Waals surface area contributed by atoms with E-state index in [4.69, 9.17) is 4.74 Å². The Hall–Kier alpha value is -1.72. The first-order chi connectivity index (χ1) is 14.7. The van der Waals surface area contributed by atoms with E-state index in [0.717, 1.165) is 25.7 Å². The summed E-state index contributed by atoms with van der Waals surface area (Å²) >= 11 is 0. The fourth-order valence-corrected chi connectivity index (χ4v) is 3.27. The monoisotopic (exact) mass is 428 g/mol. The maximum absolute atomic E-state index is 10.8. The average molecular weight is 429 g/mol. The molecule has 6 nitrogen and oxygen atoms in total. The Morgan fingerprint density at radius 1 is 0.567 bits per heavy atom. The highest BCUT2D eigenvalue weighted by Gasteiger charge is 1.99. The summed E-state index contributed by atoms with van der Waals surface area (Å²) in [6, 6.07) is 0. The second-order valence-corrected chi connectivity index (χ2v) is 7.69. The van der Waals surface area contributed by atoms with Crippen LogP contribution in [0.15, 0.2) is 12.3 Å². The van der Waals surface area contributed by atoms with Crippen molar-refractivity contribution in [3.05, 3.63) is 12.3 Å². The zero-order chi connectivity index (χ0) is 22.1. The molecule has 0 saturated heterocycles. The molecule has 0 amide bonds. The number of ether oxygens (including phenoxy) is 4. The first-order valence-corrected chi connectivity index (χ1v) is 11.8. The maximum atomic E-state index is 10.8. The highest BCUT2D eigenvalue weighted by Crippen LogP contribution is 2.14. The van der Waals surface area contributed by atoms with Gasteiger partial charge in [-0.3, -0.25) is 0 Å². The third-order valence-corrected chi connectivity index (χ3v) is 5.08. The van der Waals surface area contributed by atoms with Crippen LogP contribution in [0, 0.1) is 0 Å². The van der Waals surface area contributed by atoms with Crippen LogP contribution in [0.25, 0.3) is 0 Å². The molecule has 0 unspecified atom stereocenters. The fourth-order valence-electron chi connectivity index (χ4n) is 3.27. The summed E-state index contributed by atoms with van der Waals surface area (Å²) < 4.78 is 18.3. The second-order valence-electron chi connectivity index (χ2n) is 7.69. The molecule has 0 fully saturated rings. The predicted molar refractivity (Wildman–Crippen MR) is 119 cm³/mol. The Labute approximate surface area is 183 Å². The van der Waals surface area contributed by atoms with E-state index in [2.05, 4.69) is 14.2 Å². The minimum absolute atomic E-state index is 0.470. The van der Waals surface area contributed by atoms with Crippen molar-refractivity contribution in [1.82, 2.24) is 0 Å². The molecule has 30 heavy (non-hydrogen) atoms. The molecule has 0 aliphatic heterocycles. The Morgan fingerprint density at radius 2 is 0.967 bits per heavy atom. The lowest BCUT2D eigenvalue weighted by atomic mass is 10.0. The van der Waals surface area contributed by atoms with Crippen molar-refractivity contribution in [3.63, 3.8) is 0 Å². The van der Waals surface area contributed by atoms with Gasteiger partial charge in [0.2, 0.25) is 0 Å². The molecule has 0 aliphatic rings. The van der Waals surface area contributed by atoms with E-state index in [1.165, 1.54) is 104 Å². The largest absolute Gasteiger partial charge is 0.512 e. The van der Waals surface area contributed by atoms with E-state index in [0.29, 0.717) is 6.61 Å². The smallest absolute Gasteiger partial charge is 0.438 e. The molecule has 0 atom stereocenters. The number of unbranched alkanes of at least 4 members (excludes halogenated alkanes) is 16. The van der Waals surface area contributed by atoms with Gasteiger partial charge in [0, 0.05) is 0 Å². The summed E-state index contributed by atoms with van der Waals surface area (Å²) in [7, 11) is 2.63. The maximum Gasteiger partial charge on any atom is 0.512 e. The number of hydrogen-bond donors (Lipinski definition) is 0. The van der Waals surface area contributed by atoms with Crippen LogP contribution in [0.2, 0.25) is 0 Å². The molecule has 0 N–H and O–H groups in total. The minimum atomic E-state index is -0.664. The molecule has 176 valence electrons. The summed E-state index contributed by atoms with van der Waals surface area (Å²) in [5.74, 6) is 0. The Balaban J connectivity index is 3.10. The van der Waals surface area contributed by atoms with Gasteiger partial charge >= 0.3 is 12.3 Å². The average Bonchev–Trinajstić information content (AvgIpc) is 2.76. The van der Waals surface area contributed by atoms with Crippen molar-refractivity contribution < 1.29 is 28.5 Å². The molecule has 0 aromatic rings. The van der Waals surface area contributed by atoms with Crippen molar-refractivity contribution in [3.8, 4) is 0 Å². The first kappa shape index (κ1) is 28.3. The summed E-state index contributed by atoms with van der Waals surface area (Å²) in [6.45, 7) is 0.470. The lowest BCUT2D eigenvalue weighted by Crippen LogP contribution is -2.05. The topological polar surface area (TPSA) is 71.1 Å². The molecule has 0 saturated carbocycles. The van der Waals surface area contributed by atoms with Crippen molar-refractivity contribution >= 4 is 12.3 Å². The van der Waals surface area contributed by atoms with Crippen LogP contribution in [0.3, 0.4) is 0 Å². The van der Waals surface area contributed by atoms with Crippen molar-refractivity contribution in [2.45, 2.75) is 109 Å². The third kappa shape index (κ3) is 22.6. The normalized spacial score (nSPS) is 10.9. The number of hydrogen-bond acceptors (Lipinski definition) is 6. The molecule has 0 spiro atoms. The SMILES string of the molecule is COC(=O)OC=CCCCCCCCCCCCCCCCCCCOC(=O)OC. The van der Waals surface area contributed by atoms with Gasteiger partial charge in [0.05, 0.1) is 27.1 Å². The third-order valence-electron chi connectivity index (χ3n) is 5.08. The van der Waals surface area contributed by atoms with Crippen LogP contribution in [0.1, 0.15) is 109 Å². The molecule has 0 rings (SSSR count). The summed E-state index contributed by atoms with van der Waals surface area (Å²) in [5, 5.41) is 0. The highest BCUT2D eigenvalue weighted by atomic mass is 16.7. The van der Waals surface area contributed by atoms with E-state index in [1.54, 1.807) is 0 Å². The van der Waals surface area contributed by atoms with Crippen LogP contribution in [-0.2, 0) is 18.9 Å². The molecular weight excluding hydrogens is 384 g/mol. The quantitative estimate of drug-likeness (QED) is 0.112. The summed E-state index contributed by atoms with van der Waals surface area (Å²) in [6.07, 6.45) is 23.4. The standard InChI is InChI=1S/C24H44O6/c1-27-23(25)29-21-19-17-15-13-11-9-7-5-3-4-6-8-10-12-14-16-18-20-22-30-24(26)28-2/h19,21H,3-18,20,22H2,1-2H3. The first-order valence-electron chi connectivity index (χ1n) is 11.8. The molecule has 0 aromatic heterocycles. The second kappa shape index (κ2) is 23.6. The lowest BCUT2D eigenvalue weighted by molar-refractivity contribution is 0.0713. The van der Waals surface area contributed by atoms with E-state index in [-0.39, 0.29) is 0 Å². The van der Waals surface area contributed by atoms with Gasteiger partial charge < -0.3 is 18.9 Å². The number of allylic oxidation sites excluding steroid dienone is 1. The van der Waals surface area contributed by atoms with Gasteiger partial charge in [-0.2, -0.15) is 0 Å². The fraction of sp³-hybridized carbons (Fsp3) is 0.833. The van der Waals surface area contributed by atoms with Crippen molar-refractivity contribution in [2.75, 3.05) is 20.8 Å². The summed E-state index contributed by atoms with van der Waals surface area (Å²) in [4.78, 5) is 21.5. The van der Waals surface area contributed by atoms with Gasteiger partial charge in [-0.25, -0.2) is 9.59 Å². The molecular formula is C24H44O6. The number of carbonyl (C=O) groups is 2. The summed E-state index contributed by atoms with van der Waals surface area (Å²) in [5.41, 5.74) is 0. The van der Waals surface area contributed by atoms with E-state index in [1.807, 2.05) is 6.08 Å².